The fourth-order valence-corrected chi connectivity index (χ4v) is 2.98. The van der Waals surface area contributed by atoms with E-state index < -0.39 is 0 Å². The zero-order valence-corrected chi connectivity index (χ0v) is 10.9. The van der Waals surface area contributed by atoms with Gasteiger partial charge in [-0.25, -0.2) is 4.39 Å². The van der Waals surface area contributed by atoms with E-state index in [1.807, 2.05) is 12.1 Å². The molecule has 98 valence electrons. The SMILES string of the molecule is CC(c1ccccc1F)N1CCNC(C2CC2)C1. The number of halogens is 1. The van der Waals surface area contributed by atoms with Gasteiger partial charge in [0.15, 0.2) is 0 Å². The molecule has 0 bridgehead atoms. The number of piperazine rings is 1. The average molecular weight is 248 g/mol. The minimum atomic E-state index is -0.0773. The van der Waals surface area contributed by atoms with Gasteiger partial charge in [-0.05, 0) is 31.7 Å². The number of nitrogens with one attached hydrogen (secondary N) is 1. The van der Waals surface area contributed by atoms with E-state index in [9.17, 15) is 4.39 Å². The fraction of sp³-hybridized carbons (Fsp3) is 0.600. The Hall–Kier alpha value is -0.930. The molecule has 2 aliphatic rings. The predicted octanol–water partition coefficient (Wildman–Crippen LogP) is 2.57. The van der Waals surface area contributed by atoms with E-state index in [2.05, 4.69) is 17.1 Å². The monoisotopic (exact) mass is 248 g/mol. The third kappa shape index (κ3) is 2.43. The summed E-state index contributed by atoms with van der Waals surface area (Å²) >= 11 is 0. The van der Waals surface area contributed by atoms with Crippen LogP contribution in [0.4, 0.5) is 4.39 Å². The number of benzene rings is 1. The van der Waals surface area contributed by atoms with Gasteiger partial charge in [0.25, 0.3) is 0 Å². The third-order valence-electron chi connectivity index (χ3n) is 4.33. The molecule has 0 spiro atoms. The summed E-state index contributed by atoms with van der Waals surface area (Å²) in [5.74, 6) is 0.784. The van der Waals surface area contributed by atoms with E-state index in [0.29, 0.717) is 6.04 Å². The van der Waals surface area contributed by atoms with Crippen molar-refractivity contribution in [2.75, 3.05) is 19.6 Å². The molecule has 1 aliphatic carbocycles. The van der Waals surface area contributed by atoms with Crippen molar-refractivity contribution >= 4 is 0 Å². The Morgan fingerprint density at radius 3 is 2.83 bits per heavy atom. The van der Waals surface area contributed by atoms with E-state index >= 15 is 0 Å². The second-order valence-corrected chi connectivity index (χ2v) is 5.59. The van der Waals surface area contributed by atoms with Crippen molar-refractivity contribution in [1.82, 2.24) is 10.2 Å². The van der Waals surface area contributed by atoms with Crippen LogP contribution in [0.1, 0.15) is 31.4 Å². The standard InChI is InChI=1S/C15H21FN2/c1-11(13-4-2-3-5-14(13)16)18-9-8-17-15(10-18)12-6-7-12/h2-5,11-12,15,17H,6-10H2,1H3. The van der Waals surface area contributed by atoms with Crippen LogP contribution in [0.5, 0.6) is 0 Å². The average Bonchev–Trinajstić information content (AvgIpc) is 3.23. The topological polar surface area (TPSA) is 15.3 Å². The summed E-state index contributed by atoms with van der Waals surface area (Å²) in [4.78, 5) is 2.41. The minimum Gasteiger partial charge on any atom is -0.311 e. The summed E-state index contributed by atoms with van der Waals surface area (Å²) in [5, 5.41) is 3.60. The Balaban J connectivity index is 1.71. The largest absolute Gasteiger partial charge is 0.311 e. The lowest BCUT2D eigenvalue weighted by Gasteiger charge is -2.38. The summed E-state index contributed by atoms with van der Waals surface area (Å²) in [6, 6.07) is 7.95. The molecule has 1 aliphatic heterocycles. The van der Waals surface area contributed by atoms with Crippen LogP contribution in [0, 0.1) is 11.7 Å². The van der Waals surface area contributed by atoms with Gasteiger partial charge in [-0.2, -0.15) is 0 Å². The molecule has 1 aromatic carbocycles. The molecular weight excluding hydrogens is 227 g/mol. The first-order chi connectivity index (χ1) is 8.75. The van der Waals surface area contributed by atoms with E-state index in [4.69, 9.17) is 0 Å². The van der Waals surface area contributed by atoms with Gasteiger partial charge in [0.05, 0.1) is 0 Å². The molecule has 0 radical (unpaired) electrons. The lowest BCUT2D eigenvalue weighted by Crippen LogP contribution is -2.52. The molecule has 3 heteroatoms. The molecule has 0 aromatic heterocycles. The molecule has 2 unspecified atom stereocenters. The molecule has 2 nitrogen and oxygen atoms in total. The zero-order chi connectivity index (χ0) is 12.5. The number of hydrogen-bond donors (Lipinski definition) is 1. The van der Waals surface area contributed by atoms with Crippen LogP contribution in [0.15, 0.2) is 24.3 Å². The van der Waals surface area contributed by atoms with Gasteiger partial charge in [-0.15, -0.1) is 0 Å². The van der Waals surface area contributed by atoms with Crippen LogP contribution < -0.4 is 5.32 Å². The Kier molecular flexibility index (Phi) is 3.35. The Bertz CT molecular complexity index is 417. The van der Waals surface area contributed by atoms with Crippen molar-refractivity contribution in [3.8, 4) is 0 Å². The number of hydrogen-bond acceptors (Lipinski definition) is 2. The smallest absolute Gasteiger partial charge is 0.127 e. The minimum absolute atomic E-state index is 0.0773. The number of rotatable bonds is 3. The molecule has 1 saturated heterocycles. The first-order valence-corrected chi connectivity index (χ1v) is 6.97. The molecule has 1 heterocycles. The molecule has 2 atom stereocenters. The Labute approximate surface area is 108 Å². The maximum atomic E-state index is 13.8. The quantitative estimate of drug-likeness (QED) is 0.884. The van der Waals surface area contributed by atoms with Crippen molar-refractivity contribution in [3.63, 3.8) is 0 Å². The molecule has 1 saturated carbocycles. The molecule has 0 amide bonds. The van der Waals surface area contributed by atoms with Crippen molar-refractivity contribution in [2.24, 2.45) is 5.92 Å². The first kappa shape index (κ1) is 12.1. The third-order valence-corrected chi connectivity index (χ3v) is 4.33. The molecule has 18 heavy (non-hydrogen) atoms. The highest BCUT2D eigenvalue weighted by Gasteiger charge is 2.35. The van der Waals surface area contributed by atoms with Gasteiger partial charge in [-0.3, -0.25) is 4.90 Å². The van der Waals surface area contributed by atoms with Crippen molar-refractivity contribution in [1.29, 1.82) is 0 Å². The molecule has 2 fully saturated rings. The van der Waals surface area contributed by atoms with Crippen LogP contribution in [-0.4, -0.2) is 30.6 Å². The second-order valence-electron chi connectivity index (χ2n) is 5.59. The van der Waals surface area contributed by atoms with Crippen LogP contribution in [0.25, 0.3) is 0 Å². The normalized spacial score (nSPS) is 27.1. The Morgan fingerprint density at radius 2 is 2.11 bits per heavy atom. The van der Waals surface area contributed by atoms with Gasteiger partial charge < -0.3 is 5.32 Å². The highest BCUT2D eigenvalue weighted by atomic mass is 19.1. The lowest BCUT2D eigenvalue weighted by molar-refractivity contribution is 0.142. The second kappa shape index (κ2) is 4.98. The van der Waals surface area contributed by atoms with Crippen LogP contribution in [0.3, 0.4) is 0 Å². The fourth-order valence-electron chi connectivity index (χ4n) is 2.98. The first-order valence-electron chi connectivity index (χ1n) is 6.97. The van der Waals surface area contributed by atoms with Gasteiger partial charge >= 0.3 is 0 Å². The predicted molar refractivity (Wildman–Crippen MR) is 70.9 cm³/mol. The molecule has 1 aromatic rings. The van der Waals surface area contributed by atoms with Crippen molar-refractivity contribution in [3.05, 3.63) is 35.6 Å². The van der Waals surface area contributed by atoms with E-state index in [0.717, 1.165) is 31.1 Å². The summed E-state index contributed by atoms with van der Waals surface area (Å²) < 4.78 is 13.8. The highest BCUT2D eigenvalue weighted by molar-refractivity contribution is 5.21. The van der Waals surface area contributed by atoms with Gasteiger partial charge in [-0.1, -0.05) is 18.2 Å². The summed E-state index contributed by atoms with van der Waals surface area (Å²) in [7, 11) is 0. The van der Waals surface area contributed by atoms with Crippen LogP contribution in [0.2, 0.25) is 0 Å². The summed E-state index contributed by atoms with van der Waals surface area (Å²) in [5.41, 5.74) is 0.828. The van der Waals surface area contributed by atoms with Gasteiger partial charge in [0.1, 0.15) is 5.82 Å². The van der Waals surface area contributed by atoms with E-state index in [1.165, 1.54) is 12.8 Å². The van der Waals surface area contributed by atoms with Gasteiger partial charge in [0.2, 0.25) is 0 Å². The highest BCUT2D eigenvalue weighted by Crippen LogP contribution is 2.35. The van der Waals surface area contributed by atoms with E-state index in [1.54, 1.807) is 12.1 Å². The summed E-state index contributed by atoms with van der Waals surface area (Å²) in [6.07, 6.45) is 2.72. The van der Waals surface area contributed by atoms with Crippen molar-refractivity contribution < 1.29 is 4.39 Å². The van der Waals surface area contributed by atoms with E-state index in [-0.39, 0.29) is 11.9 Å². The van der Waals surface area contributed by atoms with Gasteiger partial charge in [0, 0.05) is 37.3 Å². The van der Waals surface area contributed by atoms with Crippen LogP contribution >= 0.6 is 0 Å². The Morgan fingerprint density at radius 1 is 1.33 bits per heavy atom. The lowest BCUT2D eigenvalue weighted by atomic mass is 10.0. The summed E-state index contributed by atoms with van der Waals surface area (Å²) in [6.45, 7) is 5.21. The zero-order valence-electron chi connectivity index (χ0n) is 10.9. The molecular formula is C15H21FN2. The van der Waals surface area contributed by atoms with Crippen LogP contribution in [-0.2, 0) is 0 Å². The maximum Gasteiger partial charge on any atom is 0.127 e. The van der Waals surface area contributed by atoms with Crippen molar-refractivity contribution in [2.45, 2.75) is 31.8 Å². The molecule has 1 N–H and O–H groups in total. The number of nitrogens with zero attached hydrogens (tertiary/aromatic N) is 1. The maximum absolute atomic E-state index is 13.8. The molecule has 3 rings (SSSR count).